The van der Waals surface area contributed by atoms with Crippen molar-refractivity contribution in [2.24, 2.45) is 0 Å². The van der Waals surface area contributed by atoms with Gasteiger partial charge in [0.1, 0.15) is 11.4 Å². The van der Waals surface area contributed by atoms with Gasteiger partial charge in [0.2, 0.25) is 0 Å². The van der Waals surface area contributed by atoms with Crippen LogP contribution in [0, 0.1) is 10.1 Å². The number of rotatable bonds is 3. The Labute approximate surface area is 147 Å². The summed E-state index contributed by atoms with van der Waals surface area (Å²) in [5, 5.41) is 11.4. The molecule has 1 amide bonds. The van der Waals surface area contributed by atoms with E-state index in [1.54, 1.807) is 17.0 Å². The third-order valence-electron chi connectivity index (χ3n) is 3.86. The molecule has 1 fully saturated rings. The first kappa shape index (κ1) is 18.8. The summed E-state index contributed by atoms with van der Waals surface area (Å²) in [6.07, 6.45) is 0.331. The average molecular weight is 351 g/mol. The van der Waals surface area contributed by atoms with Crippen molar-refractivity contribution in [1.82, 2.24) is 4.90 Å². The summed E-state index contributed by atoms with van der Waals surface area (Å²) in [6, 6.07) is 4.78. The first-order valence-electron chi connectivity index (χ1n) is 8.27. The number of carbonyl (C=O) groups is 1. The number of benzene rings is 1. The third kappa shape index (κ3) is 4.74. The van der Waals surface area contributed by atoms with Gasteiger partial charge in [-0.2, -0.15) is 0 Å². The maximum absolute atomic E-state index is 12.3. The summed E-state index contributed by atoms with van der Waals surface area (Å²) in [4.78, 5) is 26.8. The van der Waals surface area contributed by atoms with E-state index >= 15 is 0 Å². The number of carbonyl (C=O) groups excluding carboxylic acids is 1. The Morgan fingerprint density at radius 1 is 1.20 bits per heavy atom. The SMILES string of the molecule is COc1cccc([N+](=O)[O-])c1N1CCCN(C(=O)OC(C)(C)C)CC1. The molecule has 0 unspecified atom stereocenters. The molecule has 138 valence electrons. The fourth-order valence-electron chi connectivity index (χ4n) is 2.79. The second kappa shape index (κ2) is 7.58. The minimum atomic E-state index is -0.551. The lowest BCUT2D eigenvalue weighted by atomic mass is 10.2. The fourth-order valence-corrected chi connectivity index (χ4v) is 2.79. The van der Waals surface area contributed by atoms with E-state index in [1.165, 1.54) is 13.2 Å². The van der Waals surface area contributed by atoms with Crippen molar-refractivity contribution < 1.29 is 19.2 Å². The molecule has 0 saturated carbocycles. The second-order valence-electron chi connectivity index (χ2n) is 6.89. The van der Waals surface area contributed by atoms with E-state index in [4.69, 9.17) is 9.47 Å². The minimum absolute atomic E-state index is 0.00469. The topological polar surface area (TPSA) is 85.2 Å². The average Bonchev–Trinajstić information content (AvgIpc) is 2.78. The molecule has 1 saturated heterocycles. The Balaban J connectivity index is 2.19. The zero-order valence-electron chi connectivity index (χ0n) is 15.2. The van der Waals surface area contributed by atoms with Gasteiger partial charge in [0.25, 0.3) is 5.69 Å². The van der Waals surface area contributed by atoms with Crippen molar-refractivity contribution in [3.05, 3.63) is 28.3 Å². The molecule has 0 N–H and O–H groups in total. The Kier molecular flexibility index (Phi) is 5.71. The molecule has 8 heteroatoms. The molecule has 0 aliphatic carbocycles. The highest BCUT2D eigenvalue weighted by atomic mass is 16.6. The second-order valence-corrected chi connectivity index (χ2v) is 6.89. The van der Waals surface area contributed by atoms with Gasteiger partial charge in [0.15, 0.2) is 5.69 Å². The van der Waals surface area contributed by atoms with Gasteiger partial charge in [-0.3, -0.25) is 10.1 Å². The number of amides is 1. The Bertz CT molecular complexity index is 642. The Hall–Kier alpha value is -2.51. The summed E-state index contributed by atoms with van der Waals surface area (Å²) < 4.78 is 10.7. The number of nitro benzene ring substituents is 1. The number of nitro groups is 1. The van der Waals surface area contributed by atoms with Gasteiger partial charge in [-0.25, -0.2) is 4.79 Å². The van der Waals surface area contributed by atoms with Crippen LogP contribution in [-0.2, 0) is 4.74 Å². The van der Waals surface area contributed by atoms with Crippen LogP contribution in [0.4, 0.5) is 16.2 Å². The van der Waals surface area contributed by atoms with Crippen LogP contribution in [0.1, 0.15) is 27.2 Å². The Morgan fingerprint density at radius 3 is 2.52 bits per heavy atom. The molecule has 0 spiro atoms. The van der Waals surface area contributed by atoms with E-state index in [0.717, 1.165) is 0 Å². The molecule has 0 atom stereocenters. The molecule has 1 aliphatic heterocycles. The number of methoxy groups -OCH3 is 1. The fraction of sp³-hybridized carbons (Fsp3) is 0.588. The Morgan fingerprint density at radius 2 is 1.92 bits per heavy atom. The van der Waals surface area contributed by atoms with Gasteiger partial charge in [-0.15, -0.1) is 0 Å². The smallest absolute Gasteiger partial charge is 0.410 e. The molecular weight excluding hydrogens is 326 g/mol. The summed E-state index contributed by atoms with van der Waals surface area (Å²) >= 11 is 0. The van der Waals surface area contributed by atoms with Crippen molar-refractivity contribution in [3.8, 4) is 5.75 Å². The quantitative estimate of drug-likeness (QED) is 0.615. The summed E-state index contributed by atoms with van der Waals surface area (Å²) in [5.41, 5.74) is -0.0871. The first-order chi connectivity index (χ1) is 11.7. The van der Waals surface area contributed by atoms with Crippen LogP contribution in [0.3, 0.4) is 0 Å². The molecule has 0 radical (unpaired) electrons. The van der Waals surface area contributed by atoms with E-state index < -0.39 is 10.5 Å². The van der Waals surface area contributed by atoms with Crippen LogP contribution in [0.5, 0.6) is 5.75 Å². The molecule has 0 bridgehead atoms. The molecule has 8 nitrogen and oxygen atoms in total. The van der Waals surface area contributed by atoms with E-state index in [-0.39, 0.29) is 11.8 Å². The molecular formula is C17H25N3O5. The van der Waals surface area contributed by atoms with E-state index in [9.17, 15) is 14.9 Å². The molecule has 1 aromatic carbocycles. The monoisotopic (exact) mass is 351 g/mol. The van der Waals surface area contributed by atoms with E-state index in [0.29, 0.717) is 44.0 Å². The molecule has 25 heavy (non-hydrogen) atoms. The number of para-hydroxylation sites is 1. The normalized spacial score (nSPS) is 15.5. The summed E-state index contributed by atoms with van der Waals surface area (Å²) in [5.74, 6) is 0.458. The predicted molar refractivity (Wildman–Crippen MR) is 94.3 cm³/mol. The standard InChI is InChI=1S/C17H25N3O5/c1-17(2,3)25-16(21)19-10-6-9-18(11-12-19)15-13(20(22)23)7-5-8-14(15)24-4/h5,7-8H,6,9-12H2,1-4H3. The van der Waals surface area contributed by atoms with Gasteiger partial charge in [-0.1, -0.05) is 6.07 Å². The first-order valence-corrected chi connectivity index (χ1v) is 8.27. The highest BCUT2D eigenvalue weighted by Gasteiger charge is 2.28. The molecule has 1 heterocycles. The minimum Gasteiger partial charge on any atom is -0.494 e. The largest absolute Gasteiger partial charge is 0.494 e. The van der Waals surface area contributed by atoms with Crippen molar-refractivity contribution in [2.75, 3.05) is 38.2 Å². The predicted octanol–water partition coefficient (Wildman–Crippen LogP) is 3.05. The molecule has 2 rings (SSSR count). The lowest BCUT2D eigenvalue weighted by Gasteiger charge is -2.27. The van der Waals surface area contributed by atoms with Crippen molar-refractivity contribution in [2.45, 2.75) is 32.8 Å². The van der Waals surface area contributed by atoms with Crippen LogP contribution in [0.15, 0.2) is 18.2 Å². The summed E-state index contributed by atoms with van der Waals surface area (Å²) in [6.45, 7) is 7.53. The van der Waals surface area contributed by atoms with Gasteiger partial charge in [-0.05, 0) is 33.3 Å². The number of anilines is 1. The van der Waals surface area contributed by atoms with Gasteiger partial charge in [0, 0.05) is 32.2 Å². The molecule has 0 aromatic heterocycles. The van der Waals surface area contributed by atoms with Crippen molar-refractivity contribution in [1.29, 1.82) is 0 Å². The van der Waals surface area contributed by atoms with Crippen molar-refractivity contribution >= 4 is 17.5 Å². The van der Waals surface area contributed by atoms with Crippen LogP contribution in [0.25, 0.3) is 0 Å². The number of nitrogens with zero attached hydrogens (tertiary/aromatic N) is 3. The molecule has 1 aliphatic rings. The highest BCUT2D eigenvalue weighted by Crippen LogP contribution is 2.37. The third-order valence-corrected chi connectivity index (χ3v) is 3.86. The maximum atomic E-state index is 12.3. The zero-order valence-corrected chi connectivity index (χ0v) is 15.2. The zero-order chi connectivity index (χ0) is 18.6. The van der Waals surface area contributed by atoms with E-state index in [1.807, 2.05) is 25.7 Å². The summed E-state index contributed by atoms with van der Waals surface area (Å²) in [7, 11) is 1.49. The number of hydrogen-bond acceptors (Lipinski definition) is 6. The van der Waals surface area contributed by atoms with Crippen LogP contribution < -0.4 is 9.64 Å². The lowest BCUT2D eigenvalue weighted by molar-refractivity contribution is -0.384. The number of hydrogen-bond donors (Lipinski definition) is 0. The van der Waals surface area contributed by atoms with Crippen LogP contribution in [-0.4, -0.2) is 54.8 Å². The van der Waals surface area contributed by atoms with Gasteiger partial charge in [0.05, 0.1) is 12.0 Å². The molecule has 1 aromatic rings. The highest BCUT2D eigenvalue weighted by molar-refractivity contribution is 5.72. The lowest BCUT2D eigenvalue weighted by Crippen LogP contribution is -2.39. The van der Waals surface area contributed by atoms with E-state index in [2.05, 4.69) is 0 Å². The number of ether oxygens (including phenoxy) is 2. The maximum Gasteiger partial charge on any atom is 0.410 e. The van der Waals surface area contributed by atoms with Crippen LogP contribution in [0.2, 0.25) is 0 Å². The van der Waals surface area contributed by atoms with Gasteiger partial charge >= 0.3 is 6.09 Å². The van der Waals surface area contributed by atoms with Gasteiger partial charge < -0.3 is 19.3 Å². The van der Waals surface area contributed by atoms with Crippen LogP contribution >= 0.6 is 0 Å². The van der Waals surface area contributed by atoms with Crippen molar-refractivity contribution in [3.63, 3.8) is 0 Å².